The van der Waals surface area contributed by atoms with Crippen molar-refractivity contribution >= 4 is 5.69 Å². The molecular weight excluding hydrogens is 260 g/mol. The van der Waals surface area contributed by atoms with Gasteiger partial charge < -0.3 is 14.6 Å². The molecule has 2 rings (SSSR count). The summed E-state index contributed by atoms with van der Waals surface area (Å²) in [7, 11) is 1.75. The minimum absolute atomic E-state index is 0.753. The van der Waals surface area contributed by atoms with Crippen molar-refractivity contribution in [3.05, 3.63) is 52.8 Å². The molecule has 1 aromatic carbocycles. The second-order valence-electron chi connectivity index (χ2n) is 5.39. The molecule has 1 heterocycles. The van der Waals surface area contributed by atoms with Crippen LogP contribution in [0, 0.1) is 13.8 Å². The fourth-order valence-corrected chi connectivity index (χ4v) is 2.85. The Hall–Kier alpha value is -1.74. The highest BCUT2D eigenvalue weighted by Crippen LogP contribution is 2.20. The third-order valence-electron chi connectivity index (χ3n) is 4.06. The monoisotopic (exact) mass is 286 g/mol. The van der Waals surface area contributed by atoms with Crippen molar-refractivity contribution in [2.24, 2.45) is 0 Å². The van der Waals surface area contributed by atoms with Gasteiger partial charge in [-0.15, -0.1) is 0 Å². The van der Waals surface area contributed by atoms with E-state index in [4.69, 9.17) is 4.74 Å². The summed E-state index contributed by atoms with van der Waals surface area (Å²) >= 11 is 0. The van der Waals surface area contributed by atoms with Crippen LogP contribution >= 0.6 is 0 Å². The van der Waals surface area contributed by atoms with E-state index in [0.29, 0.717) is 0 Å². The third kappa shape index (κ3) is 3.67. The lowest BCUT2D eigenvalue weighted by atomic mass is 10.1. The van der Waals surface area contributed by atoms with Crippen LogP contribution in [-0.4, -0.2) is 18.3 Å². The Labute approximate surface area is 127 Å². The molecule has 0 radical (unpaired) electrons. The van der Waals surface area contributed by atoms with Gasteiger partial charge in [-0.2, -0.15) is 0 Å². The number of aryl methyl sites for hydroxylation is 1. The molecule has 0 bridgehead atoms. The van der Waals surface area contributed by atoms with Crippen molar-refractivity contribution < 1.29 is 4.74 Å². The van der Waals surface area contributed by atoms with Crippen LogP contribution in [0.15, 0.2) is 30.3 Å². The van der Waals surface area contributed by atoms with Gasteiger partial charge in [0, 0.05) is 37.3 Å². The van der Waals surface area contributed by atoms with E-state index in [1.165, 1.54) is 28.2 Å². The topological polar surface area (TPSA) is 26.2 Å². The van der Waals surface area contributed by atoms with E-state index in [1.807, 2.05) is 0 Å². The molecule has 0 aliphatic carbocycles. The van der Waals surface area contributed by atoms with Crippen LogP contribution in [0.25, 0.3) is 0 Å². The number of hydrogen-bond donors (Lipinski definition) is 1. The first-order valence-corrected chi connectivity index (χ1v) is 7.63. The van der Waals surface area contributed by atoms with Gasteiger partial charge in [0.25, 0.3) is 0 Å². The quantitative estimate of drug-likeness (QED) is 0.834. The number of para-hydroxylation sites is 1. The molecule has 0 unspecified atom stereocenters. The molecule has 1 N–H and O–H groups in total. The number of anilines is 1. The van der Waals surface area contributed by atoms with Crippen LogP contribution in [-0.2, 0) is 24.2 Å². The maximum absolute atomic E-state index is 5.19. The zero-order chi connectivity index (χ0) is 15.2. The SMILES string of the molecule is CCn1c(C)cc(CNc2ccccc2CCOC)c1C. The highest BCUT2D eigenvalue weighted by atomic mass is 16.5. The van der Waals surface area contributed by atoms with E-state index >= 15 is 0 Å². The highest BCUT2D eigenvalue weighted by molar-refractivity contribution is 5.51. The first kappa shape index (κ1) is 15.6. The Morgan fingerprint density at radius 2 is 1.90 bits per heavy atom. The van der Waals surface area contributed by atoms with E-state index < -0.39 is 0 Å². The zero-order valence-corrected chi connectivity index (χ0v) is 13.6. The van der Waals surface area contributed by atoms with Gasteiger partial charge in [-0.3, -0.25) is 0 Å². The maximum atomic E-state index is 5.19. The minimum atomic E-state index is 0.753. The summed E-state index contributed by atoms with van der Waals surface area (Å²) in [6, 6.07) is 10.7. The summed E-state index contributed by atoms with van der Waals surface area (Å²) in [4.78, 5) is 0. The number of aromatic nitrogens is 1. The molecule has 0 atom stereocenters. The maximum Gasteiger partial charge on any atom is 0.0503 e. The second kappa shape index (κ2) is 7.32. The first-order valence-electron chi connectivity index (χ1n) is 7.63. The number of rotatable bonds is 7. The lowest BCUT2D eigenvalue weighted by Gasteiger charge is -2.12. The van der Waals surface area contributed by atoms with Crippen molar-refractivity contribution in [2.45, 2.75) is 40.3 Å². The zero-order valence-electron chi connectivity index (χ0n) is 13.6. The largest absolute Gasteiger partial charge is 0.384 e. The molecule has 3 heteroatoms. The Bertz CT molecular complexity index is 587. The Kier molecular flexibility index (Phi) is 5.45. The Morgan fingerprint density at radius 3 is 2.57 bits per heavy atom. The molecular formula is C18H26N2O. The summed E-state index contributed by atoms with van der Waals surface area (Å²) in [6.07, 6.45) is 0.938. The smallest absolute Gasteiger partial charge is 0.0503 e. The molecule has 0 fully saturated rings. The summed E-state index contributed by atoms with van der Waals surface area (Å²) in [5, 5.41) is 3.58. The van der Waals surface area contributed by atoms with Gasteiger partial charge >= 0.3 is 0 Å². The number of benzene rings is 1. The first-order chi connectivity index (χ1) is 10.2. The standard InChI is InChI=1S/C18H26N2O/c1-5-20-14(2)12-17(15(20)3)13-19-18-9-7-6-8-16(18)10-11-21-4/h6-9,12,19H,5,10-11,13H2,1-4H3. The van der Waals surface area contributed by atoms with E-state index in [9.17, 15) is 0 Å². The number of hydrogen-bond acceptors (Lipinski definition) is 2. The summed E-state index contributed by atoms with van der Waals surface area (Å²) in [5.74, 6) is 0. The molecule has 3 nitrogen and oxygen atoms in total. The summed E-state index contributed by atoms with van der Waals surface area (Å²) < 4.78 is 7.54. The van der Waals surface area contributed by atoms with Crippen LogP contribution in [0.5, 0.6) is 0 Å². The minimum Gasteiger partial charge on any atom is -0.384 e. The van der Waals surface area contributed by atoms with E-state index in [0.717, 1.165) is 26.1 Å². The number of nitrogens with zero attached hydrogens (tertiary/aromatic N) is 1. The fraction of sp³-hybridized carbons (Fsp3) is 0.444. The summed E-state index contributed by atoms with van der Waals surface area (Å²) in [5.41, 5.74) is 6.58. The van der Waals surface area contributed by atoms with Crippen LogP contribution in [0.3, 0.4) is 0 Å². The van der Waals surface area contributed by atoms with Gasteiger partial charge in [0.15, 0.2) is 0 Å². The number of methoxy groups -OCH3 is 1. The normalized spacial score (nSPS) is 10.9. The average molecular weight is 286 g/mol. The van der Waals surface area contributed by atoms with E-state index in [1.54, 1.807) is 7.11 Å². The van der Waals surface area contributed by atoms with Crippen LogP contribution in [0.1, 0.15) is 29.4 Å². The van der Waals surface area contributed by atoms with Crippen LogP contribution in [0.4, 0.5) is 5.69 Å². The van der Waals surface area contributed by atoms with Crippen molar-refractivity contribution in [1.29, 1.82) is 0 Å². The average Bonchev–Trinajstić information content (AvgIpc) is 2.77. The molecule has 2 aromatic rings. The van der Waals surface area contributed by atoms with Crippen LogP contribution in [0.2, 0.25) is 0 Å². The molecule has 0 saturated carbocycles. The predicted octanol–water partition coefficient (Wildman–Crippen LogP) is 3.93. The molecule has 0 aliphatic heterocycles. The van der Waals surface area contributed by atoms with Gasteiger partial charge in [0.2, 0.25) is 0 Å². The third-order valence-corrected chi connectivity index (χ3v) is 4.06. The number of ether oxygens (including phenoxy) is 1. The van der Waals surface area contributed by atoms with Gasteiger partial charge in [-0.25, -0.2) is 0 Å². The highest BCUT2D eigenvalue weighted by Gasteiger charge is 2.08. The lowest BCUT2D eigenvalue weighted by molar-refractivity contribution is 0.202. The van der Waals surface area contributed by atoms with Gasteiger partial charge in [-0.1, -0.05) is 18.2 Å². The molecule has 0 aliphatic rings. The Morgan fingerprint density at radius 1 is 1.14 bits per heavy atom. The fourth-order valence-electron chi connectivity index (χ4n) is 2.85. The van der Waals surface area contributed by atoms with Crippen molar-refractivity contribution in [1.82, 2.24) is 4.57 Å². The predicted molar refractivity (Wildman–Crippen MR) is 88.9 cm³/mol. The Balaban J connectivity index is 2.10. The van der Waals surface area contributed by atoms with Gasteiger partial charge in [0.1, 0.15) is 0 Å². The number of nitrogens with one attached hydrogen (secondary N) is 1. The molecule has 21 heavy (non-hydrogen) atoms. The van der Waals surface area contributed by atoms with E-state index in [-0.39, 0.29) is 0 Å². The van der Waals surface area contributed by atoms with Crippen LogP contribution < -0.4 is 5.32 Å². The molecule has 0 saturated heterocycles. The van der Waals surface area contributed by atoms with Crippen molar-refractivity contribution in [2.75, 3.05) is 19.0 Å². The van der Waals surface area contributed by atoms with Crippen molar-refractivity contribution in [3.8, 4) is 0 Å². The van der Waals surface area contributed by atoms with Gasteiger partial charge in [-0.05, 0) is 50.5 Å². The van der Waals surface area contributed by atoms with Crippen molar-refractivity contribution in [3.63, 3.8) is 0 Å². The van der Waals surface area contributed by atoms with Gasteiger partial charge in [0.05, 0.1) is 6.61 Å². The molecule has 0 spiro atoms. The molecule has 114 valence electrons. The second-order valence-corrected chi connectivity index (χ2v) is 5.39. The summed E-state index contributed by atoms with van der Waals surface area (Å²) in [6.45, 7) is 9.21. The van der Waals surface area contributed by atoms with E-state index in [2.05, 4.69) is 61.0 Å². The molecule has 0 amide bonds. The molecule has 1 aromatic heterocycles. The lowest BCUT2D eigenvalue weighted by Crippen LogP contribution is -2.05.